The molecule has 1 aromatic rings. The molecular formula is C15H21Cl2N3O3. The molecule has 0 saturated carbocycles. The number of hydrogen-bond donors (Lipinski definition) is 3. The molecule has 1 aromatic carbocycles. The Kier molecular flexibility index (Phi) is 7.28. The van der Waals surface area contributed by atoms with Crippen molar-refractivity contribution in [1.82, 2.24) is 5.32 Å². The summed E-state index contributed by atoms with van der Waals surface area (Å²) in [6.45, 7) is 2.67. The van der Waals surface area contributed by atoms with Crippen LogP contribution in [0.5, 0.6) is 0 Å². The zero-order valence-electron chi connectivity index (χ0n) is 12.9. The lowest BCUT2D eigenvalue weighted by Gasteiger charge is -2.31. The first-order chi connectivity index (χ1) is 10.4. The molecule has 6 nitrogen and oxygen atoms in total. The minimum atomic E-state index is -0.958. The van der Waals surface area contributed by atoms with Crippen LogP contribution >= 0.6 is 24.0 Å². The van der Waals surface area contributed by atoms with Gasteiger partial charge in [-0.3, -0.25) is 9.59 Å². The van der Waals surface area contributed by atoms with Crippen LogP contribution in [-0.4, -0.2) is 37.1 Å². The lowest BCUT2D eigenvalue weighted by molar-refractivity contribution is -0.131. The molecule has 1 heterocycles. The van der Waals surface area contributed by atoms with E-state index in [0.717, 1.165) is 5.56 Å². The summed E-state index contributed by atoms with van der Waals surface area (Å²) in [6, 6.07) is 5.32. The van der Waals surface area contributed by atoms with Crippen LogP contribution in [0, 0.1) is 6.92 Å². The van der Waals surface area contributed by atoms with Gasteiger partial charge in [-0.25, -0.2) is 0 Å². The van der Waals surface area contributed by atoms with E-state index in [2.05, 4.69) is 10.6 Å². The lowest BCUT2D eigenvalue weighted by Crippen LogP contribution is -2.57. The minimum Gasteiger partial charge on any atom is -0.381 e. The van der Waals surface area contributed by atoms with E-state index < -0.39 is 5.54 Å². The number of nitrogens with one attached hydrogen (secondary N) is 2. The van der Waals surface area contributed by atoms with E-state index in [1.165, 1.54) is 0 Å². The molecule has 0 aliphatic carbocycles. The van der Waals surface area contributed by atoms with Gasteiger partial charge in [0.25, 0.3) is 0 Å². The maximum Gasteiger partial charge on any atom is 0.243 e. The average molecular weight is 362 g/mol. The number of aryl methyl sites for hydroxylation is 1. The van der Waals surface area contributed by atoms with Crippen molar-refractivity contribution in [2.75, 3.05) is 25.1 Å². The fourth-order valence-electron chi connectivity index (χ4n) is 2.22. The summed E-state index contributed by atoms with van der Waals surface area (Å²) in [7, 11) is 0. The minimum absolute atomic E-state index is 0. The molecule has 1 aliphatic rings. The summed E-state index contributed by atoms with van der Waals surface area (Å²) in [6.07, 6.45) is 0.897. The van der Waals surface area contributed by atoms with E-state index in [0.29, 0.717) is 36.8 Å². The number of rotatable bonds is 4. The van der Waals surface area contributed by atoms with Crippen LogP contribution in [-0.2, 0) is 14.3 Å². The molecule has 128 valence electrons. The van der Waals surface area contributed by atoms with E-state index in [4.69, 9.17) is 22.1 Å². The number of amides is 2. The van der Waals surface area contributed by atoms with Gasteiger partial charge in [0.1, 0.15) is 0 Å². The topological polar surface area (TPSA) is 93.5 Å². The highest BCUT2D eigenvalue weighted by Gasteiger charge is 2.35. The van der Waals surface area contributed by atoms with E-state index in [1.54, 1.807) is 12.1 Å². The van der Waals surface area contributed by atoms with Crippen molar-refractivity contribution >= 4 is 41.5 Å². The third kappa shape index (κ3) is 5.35. The molecule has 1 aliphatic heterocycles. The van der Waals surface area contributed by atoms with Crippen LogP contribution in [0.1, 0.15) is 18.4 Å². The number of hydrogen-bond acceptors (Lipinski definition) is 4. The molecule has 2 amide bonds. The lowest BCUT2D eigenvalue weighted by atomic mass is 9.90. The summed E-state index contributed by atoms with van der Waals surface area (Å²) in [5, 5.41) is 5.68. The number of halogens is 2. The van der Waals surface area contributed by atoms with Gasteiger partial charge in [0, 0.05) is 13.2 Å². The van der Waals surface area contributed by atoms with E-state index in [9.17, 15) is 9.59 Å². The quantitative estimate of drug-likeness (QED) is 0.759. The maximum atomic E-state index is 12.1. The first-order valence-electron chi connectivity index (χ1n) is 7.12. The molecule has 0 unspecified atom stereocenters. The molecule has 23 heavy (non-hydrogen) atoms. The van der Waals surface area contributed by atoms with Crippen molar-refractivity contribution in [2.24, 2.45) is 5.73 Å². The average Bonchev–Trinajstić information content (AvgIpc) is 2.48. The molecule has 8 heteroatoms. The third-order valence-electron chi connectivity index (χ3n) is 3.65. The Morgan fingerprint density at radius 1 is 1.35 bits per heavy atom. The molecule has 0 radical (unpaired) electrons. The fourth-order valence-corrected chi connectivity index (χ4v) is 2.50. The van der Waals surface area contributed by atoms with Gasteiger partial charge in [-0.15, -0.1) is 12.4 Å². The predicted molar refractivity (Wildman–Crippen MR) is 92.0 cm³/mol. The van der Waals surface area contributed by atoms with Gasteiger partial charge in [0.2, 0.25) is 11.8 Å². The normalized spacial score (nSPS) is 16.1. The number of anilines is 1. The monoisotopic (exact) mass is 361 g/mol. The summed E-state index contributed by atoms with van der Waals surface area (Å²) in [4.78, 5) is 24.0. The highest BCUT2D eigenvalue weighted by Crippen LogP contribution is 2.22. The van der Waals surface area contributed by atoms with Crippen molar-refractivity contribution in [2.45, 2.75) is 25.3 Å². The van der Waals surface area contributed by atoms with Crippen molar-refractivity contribution < 1.29 is 14.3 Å². The number of ether oxygens (including phenoxy) is 1. The van der Waals surface area contributed by atoms with Gasteiger partial charge in [0.05, 0.1) is 22.8 Å². The summed E-state index contributed by atoms with van der Waals surface area (Å²) in [5.74, 6) is -0.685. The summed E-state index contributed by atoms with van der Waals surface area (Å²) >= 11 is 6.04. The maximum absolute atomic E-state index is 12.1. The first-order valence-corrected chi connectivity index (χ1v) is 7.49. The molecule has 4 N–H and O–H groups in total. The van der Waals surface area contributed by atoms with Crippen molar-refractivity contribution in [1.29, 1.82) is 0 Å². The largest absolute Gasteiger partial charge is 0.381 e. The summed E-state index contributed by atoms with van der Waals surface area (Å²) in [5.41, 5.74) is 6.59. The van der Waals surface area contributed by atoms with Crippen molar-refractivity contribution in [3.05, 3.63) is 28.8 Å². The number of nitrogens with two attached hydrogens (primary N) is 1. The smallest absolute Gasteiger partial charge is 0.243 e. The second-order valence-corrected chi connectivity index (χ2v) is 5.89. The van der Waals surface area contributed by atoms with Crippen LogP contribution < -0.4 is 16.4 Å². The van der Waals surface area contributed by atoms with E-state index in [-0.39, 0.29) is 30.8 Å². The number of benzene rings is 1. The number of carbonyl (C=O) groups is 2. The van der Waals surface area contributed by atoms with E-state index in [1.807, 2.05) is 13.0 Å². The standard InChI is InChI=1S/C15H20ClN3O3.ClH/c1-10-2-3-12(11(16)8-10)19-13(20)9-18-14(21)15(17)4-6-22-7-5-15;/h2-3,8H,4-7,9,17H2,1H3,(H,18,21)(H,19,20);1H. The Hall–Kier alpha value is -1.34. The van der Waals surface area contributed by atoms with Crippen LogP contribution in [0.25, 0.3) is 0 Å². The molecule has 1 saturated heterocycles. The van der Waals surface area contributed by atoms with Crippen LogP contribution in [0.4, 0.5) is 5.69 Å². The van der Waals surface area contributed by atoms with Crippen LogP contribution in [0.3, 0.4) is 0 Å². The highest BCUT2D eigenvalue weighted by molar-refractivity contribution is 6.33. The second kappa shape index (κ2) is 8.49. The number of carbonyl (C=O) groups excluding carboxylic acids is 2. The molecule has 0 atom stereocenters. The second-order valence-electron chi connectivity index (χ2n) is 5.48. The van der Waals surface area contributed by atoms with Gasteiger partial charge < -0.3 is 21.1 Å². The zero-order valence-corrected chi connectivity index (χ0v) is 14.4. The van der Waals surface area contributed by atoms with Crippen LogP contribution in [0.2, 0.25) is 5.02 Å². The molecule has 0 aromatic heterocycles. The fraction of sp³-hybridized carbons (Fsp3) is 0.467. The third-order valence-corrected chi connectivity index (χ3v) is 3.96. The van der Waals surface area contributed by atoms with Gasteiger partial charge >= 0.3 is 0 Å². The van der Waals surface area contributed by atoms with Gasteiger partial charge in [-0.1, -0.05) is 17.7 Å². The SMILES string of the molecule is Cc1ccc(NC(=O)CNC(=O)C2(N)CCOCC2)c(Cl)c1.Cl. The first kappa shape index (κ1) is 19.7. The Morgan fingerprint density at radius 3 is 2.61 bits per heavy atom. The molecule has 2 rings (SSSR count). The summed E-state index contributed by atoms with van der Waals surface area (Å²) < 4.78 is 5.19. The Morgan fingerprint density at radius 2 is 2.00 bits per heavy atom. The van der Waals surface area contributed by atoms with Crippen LogP contribution in [0.15, 0.2) is 18.2 Å². The molecule has 0 bridgehead atoms. The molecule has 0 spiro atoms. The Balaban J connectivity index is 0.00000264. The van der Waals surface area contributed by atoms with Gasteiger partial charge in [-0.2, -0.15) is 0 Å². The Labute approximate surface area is 146 Å². The Bertz CT molecular complexity index is 575. The molecule has 1 fully saturated rings. The predicted octanol–water partition coefficient (Wildman–Crippen LogP) is 1.63. The van der Waals surface area contributed by atoms with E-state index >= 15 is 0 Å². The zero-order chi connectivity index (χ0) is 16.2. The van der Waals surface area contributed by atoms with Gasteiger partial charge in [0.15, 0.2) is 0 Å². The van der Waals surface area contributed by atoms with Crippen molar-refractivity contribution in [3.8, 4) is 0 Å². The van der Waals surface area contributed by atoms with Crippen molar-refractivity contribution in [3.63, 3.8) is 0 Å². The highest BCUT2D eigenvalue weighted by atomic mass is 35.5. The molecular weight excluding hydrogens is 341 g/mol. The van der Waals surface area contributed by atoms with Gasteiger partial charge in [-0.05, 0) is 37.5 Å².